The topological polar surface area (TPSA) is 83.3 Å². The number of nitrogens with zero attached hydrogens (tertiary/aromatic N) is 4. The van der Waals surface area contributed by atoms with Crippen LogP contribution >= 0.6 is 0 Å². The number of nitrogens with one attached hydrogen (secondary N) is 1. The van der Waals surface area contributed by atoms with E-state index in [4.69, 9.17) is 16.1 Å². The van der Waals surface area contributed by atoms with E-state index < -0.39 is 0 Å². The molecule has 0 aliphatic rings. The largest absolute Gasteiger partial charge is 0.384 e. The number of rotatable bonds is 6. The number of nitrogens with two attached hydrogens (primary N) is 1. The fourth-order valence-electron chi connectivity index (χ4n) is 4.36. The van der Waals surface area contributed by atoms with Crippen LogP contribution < -0.4 is 10.6 Å². The lowest BCUT2D eigenvalue weighted by Crippen LogP contribution is -2.17. The highest BCUT2D eigenvalue weighted by Gasteiger charge is 2.14. The van der Waals surface area contributed by atoms with Crippen LogP contribution in [0.25, 0.3) is 38.7 Å². The molecule has 0 radical (unpaired) electrons. The van der Waals surface area contributed by atoms with E-state index in [1.54, 1.807) is 0 Å². The van der Waals surface area contributed by atoms with E-state index in [1.165, 1.54) is 5.69 Å². The molecular formula is C27H26N6. The van der Waals surface area contributed by atoms with Crippen LogP contribution in [0.1, 0.15) is 18.9 Å². The lowest BCUT2D eigenvalue weighted by atomic mass is 9.96. The first kappa shape index (κ1) is 20.7. The van der Waals surface area contributed by atoms with Crippen molar-refractivity contribution in [1.82, 2.24) is 14.6 Å². The van der Waals surface area contributed by atoms with E-state index in [0.717, 1.165) is 57.2 Å². The molecule has 33 heavy (non-hydrogen) atoms. The van der Waals surface area contributed by atoms with Crippen molar-refractivity contribution in [2.45, 2.75) is 13.3 Å². The molecule has 6 heteroatoms. The Morgan fingerprint density at radius 1 is 0.939 bits per heavy atom. The van der Waals surface area contributed by atoms with Crippen LogP contribution in [0.3, 0.4) is 0 Å². The van der Waals surface area contributed by atoms with Crippen LogP contribution in [-0.2, 0) is 0 Å². The number of fused-ring (bicyclic) bond motifs is 2. The molecule has 0 saturated carbocycles. The molecular weight excluding hydrogens is 408 g/mol. The second kappa shape index (κ2) is 8.39. The van der Waals surface area contributed by atoms with Gasteiger partial charge in [-0.3, -0.25) is 5.41 Å². The van der Waals surface area contributed by atoms with Crippen molar-refractivity contribution in [3.05, 3.63) is 84.8 Å². The van der Waals surface area contributed by atoms with Gasteiger partial charge in [-0.25, -0.2) is 9.50 Å². The number of anilines is 1. The lowest BCUT2D eigenvalue weighted by Gasteiger charge is -2.18. The molecule has 5 aromatic rings. The van der Waals surface area contributed by atoms with Gasteiger partial charge in [0, 0.05) is 48.4 Å². The van der Waals surface area contributed by atoms with Crippen LogP contribution in [-0.4, -0.2) is 34.0 Å². The van der Waals surface area contributed by atoms with Gasteiger partial charge in [0.25, 0.3) is 0 Å². The highest BCUT2D eigenvalue weighted by molar-refractivity contribution is 6.12. The predicted molar refractivity (Wildman–Crippen MR) is 136 cm³/mol. The molecule has 0 bridgehead atoms. The molecule has 0 saturated heterocycles. The van der Waals surface area contributed by atoms with Gasteiger partial charge in [0.05, 0.1) is 6.20 Å². The van der Waals surface area contributed by atoms with E-state index in [1.807, 2.05) is 59.5 Å². The summed E-state index contributed by atoms with van der Waals surface area (Å²) in [5, 5.41) is 14.5. The second-order valence-electron chi connectivity index (χ2n) is 8.26. The van der Waals surface area contributed by atoms with Gasteiger partial charge in [-0.15, -0.1) is 0 Å². The Kier molecular flexibility index (Phi) is 5.26. The van der Waals surface area contributed by atoms with Crippen molar-refractivity contribution in [2.24, 2.45) is 5.73 Å². The molecule has 6 nitrogen and oxygen atoms in total. The molecule has 0 aliphatic carbocycles. The van der Waals surface area contributed by atoms with Gasteiger partial charge in [0.15, 0.2) is 5.65 Å². The van der Waals surface area contributed by atoms with Crippen molar-refractivity contribution in [3.63, 3.8) is 0 Å². The van der Waals surface area contributed by atoms with Crippen molar-refractivity contribution in [2.75, 3.05) is 18.5 Å². The molecule has 2 aromatic heterocycles. The van der Waals surface area contributed by atoms with Crippen LogP contribution in [0, 0.1) is 5.41 Å². The average molecular weight is 435 g/mol. The molecule has 0 spiro atoms. The summed E-state index contributed by atoms with van der Waals surface area (Å²) in [6.07, 6.45) is 6.89. The standard InChI is InChI=1S/C27H26N6/c1-3-14-32(2)20-10-8-18(9-11-20)19-15-30-27-25(16-31-33(27)17-19)23-12-13-24(26(28)29)22-7-5-4-6-21(22)23/h4-13,15-17H,3,14H2,1-2H3,(H3,28,29). The number of hydrogen-bond donors (Lipinski definition) is 2. The Morgan fingerprint density at radius 3 is 2.42 bits per heavy atom. The third-order valence-corrected chi connectivity index (χ3v) is 6.06. The number of hydrogen-bond acceptors (Lipinski definition) is 4. The lowest BCUT2D eigenvalue weighted by molar-refractivity contribution is 0.852. The Labute approximate surface area is 192 Å². The summed E-state index contributed by atoms with van der Waals surface area (Å²) in [4.78, 5) is 7.02. The monoisotopic (exact) mass is 434 g/mol. The fraction of sp³-hybridized carbons (Fsp3) is 0.148. The smallest absolute Gasteiger partial charge is 0.162 e. The normalized spacial score (nSPS) is 11.2. The zero-order chi connectivity index (χ0) is 22.9. The van der Waals surface area contributed by atoms with Crippen LogP contribution in [0.2, 0.25) is 0 Å². The van der Waals surface area contributed by atoms with Crippen molar-refractivity contribution in [3.8, 4) is 22.3 Å². The third kappa shape index (κ3) is 3.69. The molecule has 5 rings (SSSR count). The van der Waals surface area contributed by atoms with E-state index in [2.05, 4.69) is 48.2 Å². The number of benzene rings is 3. The Hall–Kier alpha value is -4.19. The minimum Gasteiger partial charge on any atom is -0.384 e. The van der Waals surface area contributed by atoms with Gasteiger partial charge < -0.3 is 10.6 Å². The summed E-state index contributed by atoms with van der Waals surface area (Å²) >= 11 is 0. The number of amidine groups is 1. The van der Waals surface area contributed by atoms with Gasteiger partial charge in [0.1, 0.15) is 5.84 Å². The summed E-state index contributed by atoms with van der Waals surface area (Å²) in [6.45, 7) is 3.22. The minimum atomic E-state index is 0.0623. The molecule has 0 amide bonds. The molecule has 0 aliphatic heterocycles. The van der Waals surface area contributed by atoms with Gasteiger partial charge >= 0.3 is 0 Å². The average Bonchev–Trinajstić information content (AvgIpc) is 3.26. The third-order valence-electron chi connectivity index (χ3n) is 6.06. The fourth-order valence-corrected chi connectivity index (χ4v) is 4.36. The molecule has 164 valence electrons. The van der Waals surface area contributed by atoms with E-state index in [9.17, 15) is 0 Å². The van der Waals surface area contributed by atoms with E-state index in [-0.39, 0.29) is 5.84 Å². The maximum Gasteiger partial charge on any atom is 0.162 e. The highest BCUT2D eigenvalue weighted by atomic mass is 15.2. The van der Waals surface area contributed by atoms with Gasteiger partial charge in [0.2, 0.25) is 0 Å². The zero-order valence-electron chi connectivity index (χ0n) is 18.8. The van der Waals surface area contributed by atoms with Gasteiger partial charge in [-0.05, 0) is 40.5 Å². The maximum atomic E-state index is 7.90. The molecule has 3 aromatic carbocycles. The van der Waals surface area contributed by atoms with Gasteiger partial charge in [-0.1, -0.05) is 55.5 Å². The predicted octanol–water partition coefficient (Wildman–Crippen LogP) is 5.35. The summed E-state index contributed by atoms with van der Waals surface area (Å²) in [6, 6.07) is 20.4. The number of aromatic nitrogens is 3. The highest BCUT2D eigenvalue weighted by Crippen LogP contribution is 2.33. The Morgan fingerprint density at radius 2 is 1.70 bits per heavy atom. The maximum absolute atomic E-state index is 7.90. The minimum absolute atomic E-state index is 0.0623. The summed E-state index contributed by atoms with van der Waals surface area (Å²) in [7, 11) is 2.12. The van der Waals surface area contributed by atoms with Crippen molar-refractivity contribution >= 4 is 27.9 Å². The first-order valence-electron chi connectivity index (χ1n) is 11.1. The second-order valence-corrected chi connectivity index (χ2v) is 8.26. The first-order chi connectivity index (χ1) is 16.1. The zero-order valence-corrected chi connectivity index (χ0v) is 18.8. The van der Waals surface area contributed by atoms with Crippen LogP contribution in [0.15, 0.2) is 79.3 Å². The molecule has 0 fully saturated rings. The van der Waals surface area contributed by atoms with Crippen LogP contribution in [0.5, 0.6) is 0 Å². The van der Waals surface area contributed by atoms with Crippen molar-refractivity contribution in [1.29, 1.82) is 5.41 Å². The first-order valence-corrected chi connectivity index (χ1v) is 11.1. The van der Waals surface area contributed by atoms with E-state index in [0.29, 0.717) is 0 Å². The van der Waals surface area contributed by atoms with Crippen molar-refractivity contribution < 1.29 is 0 Å². The summed E-state index contributed by atoms with van der Waals surface area (Å²) in [5.41, 5.74) is 12.6. The summed E-state index contributed by atoms with van der Waals surface area (Å²) in [5.74, 6) is 0.0623. The molecule has 0 unspecified atom stereocenters. The number of nitrogen functional groups attached to an aromatic ring is 1. The van der Waals surface area contributed by atoms with Crippen LogP contribution in [0.4, 0.5) is 5.69 Å². The molecule has 2 heterocycles. The molecule has 0 atom stereocenters. The van der Waals surface area contributed by atoms with Gasteiger partial charge in [-0.2, -0.15) is 5.10 Å². The SMILES string of the molecule is CCCN(C)c1ccc(-c2cnc3c(-c4ccc(C(=N)N)c5ccccc45)cnn3c2)cc1. The van der Waals surface area contributed by atoms with E-state index >= 15 is 0 Å². The Bertz CT molecular complexity index is 1470. The summed E-state index contributed by atoms with van der Waals surface area (Å²) < 4.78 is 1.83. The quantitative estimate of drug-likeness (QED) is 0.279. The molecule has 3 N–H and O–H groups in total. The Balaban J connectivity index is 1.55.